The van der Waals surface area contributed by atoms with Crippen molar-refractivity contribution in [3.63, 3.8) is 0 Å². The lowest BCUT2D eigenvalue weighted by atomic mass is 10.5. The van der Waals surface area contributed by atoms with E-state index < -0.39 is 0 Å². The minimum atomic E-state index is 1.33. The molecule has 0 atom stereocenters. The molecule has 1 aromatic heterocycles. The minimum absolute atomic E-state index is 1.33. The van der Waals surface area contributed by atoms with Crippen LogP contribution in [0, 0.1) is 6.92 Å². The Hall–Kier alpha value is -0.500. The Balaban J connectivity index is 0.000000461. The molecule has 0 unspecified atom stereocenters. The Bertz CT molecular complexity index is 191. The molecular formula is C9H17NS. The van der Waals surface area contributed by atoms with Gasteiger partial charge in [0.05, 0.1) is 5.00 Å². The highest BCUT2D eigenvalue weighted by atomic mass is 32.1. The van der Waals surface area contributed by atoms with Gasteiger partial charge in [-0.3, -0.25) is 0 Å². The molecule has 0 fully saturated rings. The van der Waals surface area contributed by atoms with Crippen molar-refractivity contribution in [3.05, 3.63) is 17.0 Å². The normalized spacial score (nSPS) is 8.45. The maximum Gasteiger partial charge on any atom is 0.0906 e. The van der Waals surface area contributed by atoms with Crippen molar-refractivity contribution < 1.29 is 0 Å². The summed E-state index contributed by atoms with van der Waals surface area (Å²) >= 11 is 1.82. The molecule has 1 rings (SSSR count). The molecule has 1 heterocycles. The zero-order valence-corrected chi connectivity index (χ0v) is 8.83. The van der Waals surface area contributed by atoms with Crippen LogP contribution in [-0.2, 0) is 0 Å². The van der Waals surface area contributed by atoms with E-state index >= 15 is 0 Å². The molecule has 0 radical (unpaired) electrons. The molecule has 0 N–H and O–H groups in total. The molecule has 0 amide bonds. The SMILES string of the molecule is CC.Cc1ccc(N(C)C)s1. The number of nitrogens with zero attached hydrogens (tertiary/aromatic N) is 1. The summed E-state index contributed by atoms with van der Waals surface area (Å²) in [6.45, 7) is 6.12. The lowest BCUT2D eigenvalue weighted by Crippen LogP contribution is -2.05. The summed E-state index contributed by atoms with van der Waals surface area (Å²) in [5.74, 6) is 0. The molecule has 0 spiro atoms. The van der Waals surface area contributed by atoms with E-state index in [2.05, 4.69) is 38.1 Å². The minimum Gasteiger partial charge on any atom is -0.370 e. The highest BCUT2D eigenvalue weighted by molar-refractivity contribution is 7.16. The number of hydrogen-bond donors (Lipinski definition) is 0. The molecule has 0 saturated heterocycles. The van der Waals surface area contributed by atoms with Gasteiger partial charge in [0.1, 0.15) is 0 Å². The first kappa shape index (κ1) is 10.5. The van der Waals surface area contributed by atoms with E-state index in [9.17, 15) is 0 Å². The van der Waals surface area contributed by atoms with Crippen LogP contribution in [0.5, 0.6) is 0 Å². The summed E-state index contributed by atoms with van der Waals surface area (Å²) in [5, 5.41) is 1.33. The highest BCUT2D eigenvalue weighted by Crippen LogP contribution is 2.22. The van der Waals surface area contributed by atoms with Crippen molar-refractivity contribution in [1.29, 1.82) is 0 Å². The van der Waals surface area contributed by atoms with Crippen molar-refractivity contribution in [2.24, 2.45) is 0 Å². The molecule has 2 heteroatoms. The molecule has 0 bridgehead atoms. The second kappa shape index (κ2) is 5.19. The largest absolute Gasteiger partial charge is 0.370 e. The fraction of sp³-hybridized carbons (Fsp3) is 0.556. The number of rotatable bonds is 1. The first-order valence-corrected chi connectivity index (χ1v) is 4.75. The maximum absolute atomic E-state index is 2.14. The summed E-state index contributed by atoms with van der Waals surface area (Å²) < 4.78 is 0. The van der Waals surface area contributed by atoms with Crippen LogP contribution in [0.1, 0.15) is 18.7 Å². The Morgan fingerprint density at radius 2 is 1.73 bits per heavy atom. The van der Waals surface area contributed by atoms with E-state index in [-0.39, 0.29) is 0 Å². The predicted octanol–water partition coefficient (Wildman–Crippen LogP) is 3.15. The fourth-order valence-electron chi connectivity index (χ4n) is 0.662. The van der Waals surface area contributed by atoms with Gasteiger partial charge in [0.15, 0.2) is 0 Å². The molecule has 11 heavy (non-hydrogen) atoms. The summed E-state index contributed by atoms with van der Waals surface area (Å²) in [5.41, 5.74) is 0. The summed E-state index contributed by atoms with van der Waals surface area (Å²) in [7, 11) is 4.12. The fourth-order valence-corrected chi connectivity index (χ4v) is 1.45. The third-order valence-electron chi connectivity index (χ3n) is 1.17. The topological polar surface area (TPSA) is 3.24 Å². The van der Waals surface area contributed by atoms with Gasteiger partial charge in [-0.2, -0.15) is 0 Å². The quantitative estimate of drug-likeness (QED) is 0.627. The smallest absolute Gasteiger partial charge is 0.0906 e. The molecule has 0 aromatic carbocycles. The van der Waals surface area contributed by atoms with Crippen molar-refractivity contribution in [3.8, 4) is 0 Å². The van der Waals surface area contributed by atoms with E-state index in [0.717, 1.165) is 0 Å². The first-order valence-electron chi connectivity index (χ1n) is 3.94. The number of hydrogen-bond acceptors (Lipinski definition) is 2. The van der Waals surface area contributed by atoms with E-state index in [0.29, 0.717) is 0 Å². The Morgan fingerprint density at radius 3 is 1.91 bits per heavy atom. The molecule has 0 aliphatic heterocycles. The molecule has 0 aliphatic carbocycles. The second-order valence-electron chi connectivity index (χ2n) is 2.28. The lowest BCUT2D eigenvalue weighted by Gasteiger charge is -2.06. The van der Waals surface area contributed by atoms with Crippen molar-refractivity contribution in [1.82, 2.24) is 0 Å². The molecule has 1 nitrogen and oxygen atoms in total. The van der Waals surface area contributed by atoms with Crippen LogP contribution in [0.25, 0.3) is 0 Å². The van der Waals surface area contributed by atoms with Gasteiger partial charge in [0, 0.05) is 19.0 Å². The van der Waals surface area contributed by atoms with Crippen LogP contribution in [0.2, 0.25) is 0 Å². The third-order valence-corrected chi connectivity index (χ3v) is 2.34. The third kappa shape index (κ3) is 3.42. The first-order chi connectivity index (χ1) is 5.20. The van der Waals surface area contributed by atoms with E-state index in [1.54, 1.807) is 0 Å². The predicted molar refractivity (Wildman–Crippen MR) is 54.7 cm³/mol. The van der Waals surface area contributed by atoms with Crippen LogP contribution in [0.3, 0.4) is 0 Å². The molecule has 0 saturated carbocycles. The Morgan fingerprint density at radius 1 is 1.18 bits per heavy atom. The summed E-state index contributed by atoms with van der Waals surface area (Å²) in [6.07, 6.45) is 0. The average molecular weight is 171 g/mol. The van der Waals surface area contributed by atoms with Gasteiger partial charge in [-0.15, -0.1) is 11.3 Å². The molecule has 0 aliphatic rings. The number of thiophene rings is 1. The molecule has 1 aromatic rings. The van der Waals surface area contributed by atoms with Crippen molar-refractivity contribution in [2.45, 2.75) is 20.8 Å². The van der Waals surface area contributed by atoms with Crippen molar-refractivity contribution in [2.75, 3.05) is 19.0 Å². The van der Waals surface area contributed by atoms with Gasteiger partial charge in [0.2, 0.25) is 0 Å². The zero-order valence-electron chi connectivity index (χ0n) is 8.01. The summed E-state index contributed by atoms with van der Waals surface area (Å²) in [4.78, 5) is 3.50. The Labute approximate surface area is 73.7 Å². The van der Waals surface area contributed by atoms with Gasteiger partial charge in [0.25, 0.3) is 0 Å². The lowest BCUT2D eigenvalue weighted by molar-refractivity contribution is 1.16. The second-order valence-corrected chi connectivity index (χ2v) is 3.55. The van der Waals surface area contributed by atoms with Crippen LogP contribution in [-0.4, -0.2) is 14.1 Å². The molecule has 64 valence electrons. The average Bonchev–Trinajstić information content (AvgIpc) is 2.40. The van der Waals surface area contributed by atoms with Crippen molar-refractivity contribution >= 4 is 16.3 Å². The Kier molecular flexibility index (Phi) is 4.95. The van der Waals surface area contributed by atoms with Crippen LogP contribution >= 0.6 is 11.3 Å². The monoisotopic (exact) mass is 171 g/mol. The summed E-state index contributed by atoms with van der Waals surface area (Å²) in [6, 6.07) is 4.28. The zero-order chi connectivity index (χ0) is 8.85. The molecular weight excluding hydrogens is 154 g/mol. The van der Waals surface area contributed by atoms with E-state index in [4.69, 9.17) is 0 Å². The van der Waals surface area contributed by atoms with Gasteiger partial charge in [-0.1, -0.05) is 13.8 Å². The van der Waals surface area contributed by atoms with E-state index in [1.807, 2.05) is 25.2 Å². The van der Waals surface area contributed by atoms with Gasteiger partial charge < -0.3 is 4.90 Å². The van der Waals surface area contributed by atoms with Gasteiger partial charge >= 0.3 is 0 Å². The van der Waals surface area contributed by atoms with Crippen LogP contribution in [0.15, 0.2) is 12.1 Å². The number of anilines is 1. The van der Waals surface area contributed by atoms with E-state index in [1.165, 1.54) is 9.88 Å². The highest BCUT2D eigenvalue weighted by Gasteiger charge is 1.95. The van der Waals surface area contributed by atoms with Gasteiger partial charge in [-0.25, -0.2) is 0 Å². The standard InChI is InChI=1S/C7H11NS.C2H6/c1-6-4-5-7(9-6)8(2)3;1-2/h4-5H,1-3H3;1-2H3. The number of aryl methyl sites for hydroxylation is 1. The van der Waals surface area contributed by atoms with Gasteiger partial charge in [-0.05, 0) is 19.1 Å². The van der Waals surface area contributed by atoms with Crippen LogP contribution < -0.4 is 4.90 Å². The maximum atomic E-state index is 2.14. The van der Waals surface area contributed by atoms with Crippen LogP contribution in [0.4, 0.5) is 5.00 Å².